The van der Waals surface area contributed by atoms with Crippen molar-refractivity contribution in [3.63, 3.8) is 0 Å². The molecule has 0 radical (unpaired) electrons. The van der Waals surface area contributed by atoms with Crippen LogP contribution in [0.2, 0.25) is 0 Å². The third-order valence-electron chi connectivity index (χ3n) is 3.05. The Labute approximate surface area is 136 Å². The highest BCUT2D eigenvalue weighted by atomic mass is 32.1. The number of esters is 1. The molecule has 0 saturated heterocycles. The van der Waals surface area contributed by atoms with Crippen molar-refractivity contribution in [2.75, 3.05) is 19.7 Å². The Balaban J connectivity index is 2.84. The van der Waals surface area contributed by atoms with Crippen LogP contribution in [0, 0.1) is 11.8 Å². The fraction of sp³-hybridized carbons (Fsp3) is 0.750. The van der Waals surface area contributed by atoms with E-state index in [1.807, 2.05) is 0 Å². The van der Waals surface area contributed by atoms with Gasteiger partial charge in [-0.15, -0.1) is 0 Å². The molecule has 22 heavy (non-hydrogen) atoms. The molecule has 0 aliphatic heterocycles. The van der Waals surface area contributed by atoms with Gasteiger partial charge in [-0.1, -0.05) is 39.0 Å². The maximum atomic E-state index is 11.7. The Kier molecular flexibility index (Phi) is 7.82. The van der Waals surface area contributed by atoms with Gasteiger partial charge in [-0.05, 0) is 18.8 Å². The molecule has 1 aromatic heterocycles. The van der Waals surface area contributed by atoms with Crippen molar-refractivity contribution in [2.45, 2.75) is 47.6 Å². The largest absolute Gasteiger partial charge is 0.466 e. The Hall–Kier alpha value is -1.14. The topological polar surface area (TPSA) is 62.4 Å². The van der Waals surface area contributed by atoms with Crippen LogP contribution in [0.3, 0.4) is 0 Å². The first-order chi connectivity index (χ1) is 10.3. The predicted octanol–water partition coefficient (Wildman–Crippen LogP) is 2.66. The second-order valence-electron chi connectivity index (χ2n) is 6.38. The predicted molar refractivity (Wildman–Crippen MR) is 90.2 cm³/mol. The minimum absolute atomic E-state index is 0.108. The number of rotatable bonds is 9. The number of aromatic nitrogens is 1. The number of hydrogen-bond donors (Lipinski definition) is 1. The maximum absolute atomic E-state index is 11.7. The molecule has 0 bridgehead atoms. The third kappa shape index (κ3) is 6.75. The van der Waals surface area contributed by atoms with Gasteiger partial charge in [0.1, 0.15) is 0 Å². The normalized spacial score (nSPS) is 11.6. The van der Waals surface area contributed by atoms with E-state index in [-0.39, 0.29) is 17.3 Å². The van der Waals surface area contributed by atoms with Crippen LogP contribution in [0.15, 0.2) is 4.79 Å². The molecule has 0 spiro atoms. The van der Waals surface area contributed by atoms with E-state index in [0.717, 1.165) is 18.0 Å². The molecule has 0 aromatic carbocycles. The third-order valence-corrected chi connectivity index (χ3v) is 3.96. The summed E-state index contributed by atoms with van der Waals surface area (Å²) in [7, 11) is 0. The lowest BCUT2D eigenvalue weighted by Gasteiger charge is -2.25. The van der Waals surface area contributed by atoms with Crippen molar-refractivity contribution in [1.82, 2.24) is 9.88 Å². The Morgan fingerprint density at radius 1 is 1.23 bits per heavy atom. The van der Waals surface area contributed by atoms with E-state index in [2.05, 4.69) is 37.6 Å². The van der Waals surface area contributed by atoms with Crippen LogP contribution < -0.4 is 4.87 Å². The molecule has 5 nitrogen and oxygen atoms in total. The van der Waals surface area contributed by atoms with Crippen molar-refractivity contribution in [3.8, 4) is 0 Å². The van der Waals surface area contributed by atoms with Crippen molar-refractivity contribution < 1.29 is 9.53 Å². The van der Waals surface area contributed by atoms with Crippen LogP contribution in [-0.2, 0) is 22.5 Å². The van der Waals surface area contributed by atoms with Gasteiger partial charge in [0.05, 0.1) is 13.0 Å². The molecule has 126 valence electrons. The van der Waals surface area contributed by atoms with E-state index in [9.17, 15) is 9.59 Å². The summed E-state index contributed by atoms with van der Waals surface area (Å²) in [5.41, 5.74) is 0.700. The summed E-state index contributed by atoms with van der Waals surface area (Å²) in [5.74, 6) is 0.822. The van der Waals surface area contributed by atoms with Gasteiger partial charge in [0, 0.05) is 30.2 Å². The van der Waals surface area contributed by atoms with E-state index in [4.69, 9.17) is 4.74 Å². The van der Waals surface area contributed by atoms with Crippen LogP contribution >= 0.6 is 11.3 Å². The van der Waals surface area contributed by atoms with Crippen LogP contribution in [-0.4, -0.2) is 35.5 Å². The lowest BCUT2D eigenvalue weighted by molar-refractivity contribution is -0.142. The first-order valence-electron chi connectivity index (χ1n) is 7.90. The number of ether oxygens (including phenoxy) is 1. The Bertz CT molecular complexity index is 510. The number of H-pyrrole nitrogens is 1. The second-order valence-corrected chi connectivity index (χ2v) is 7.45. The van der Waals surface area contributed by atoms with E-state index in [0.29, 0.717) is 30.7 Å². The standard InChI is InChI=1S/C16H28N2O3S/c1-6-21-15(19)7-13-14(22-16(20)17-13)10-18(8-11(2)3)9-12(4)5/h11-12H,6-10H2,1-5H3,(H,17,20). The van der Waals surface area contributed by atoms with Crippen molar-refractivity contribution >= 4 is 17.3 Å². The molecule has 0 saturated carbocycles. The highest BCUT2D eigenvalue weighted by Crippen LogP contribution is 2.16. The fourth-order valence-corrected chi connectivity index (χ4v) is 3.35. The molecule has 0 aliphatic rings. The second kappa shape index (κ2) is 9.10. The zero-order chi connectivity index (χ0) is 16.7. The summed E-state index contributed by atoms with van der Waals surface area (Å²) >= 11 is 1.20. The number of carbonyl (C=O) groups is 1. The molecule has 0 amide bonds. The number of carbonyl (C=O) groups excluding carboxylic acids is 1. The molecule has 1 heterocycles. The van der Waals surface area contributed by atoms with Gasteiger partial charge in [0.25, 0.3) is 0 Å². The van der Waals surface area contributed by atoms with E-state index in [1.54, 1.807) is 6.92 Å². The summed E-state index contributed by atoms with van der Waals surface area (Å²) in [4.78, 5) is 29.3. The van der Waals surface area contributed by atoms with Crippen LogP contribution in [0.1, 0.15) is 45.2 Å². The minimum Gasteiger partial charge on any atom is -0.466 e. The summed E-state index contributed by atoms with van der Waals surface area (Å²) in [6.07, 6.45) is 0.138. The Morgan fingerprint density at radius 2 is 1.82 bits per heavy atom. The first kappa shape index (κ1) is 18.9. The number of aromatic amines is 1. The molecule has 0 fully saturated rings. The van der Waals surface area contributed by atoms with Gasteiger partial charge < -0.3 is 9.72 Å². The highest BCUT2D eigenvalue weighted by molar-refractivity contribution is 7.09. The van der Waals surface area contributed by atoms with Crippen molar-refractivity contribution in [2.24, 2.45) is 11.8 Å². The van der Waals surface area contributed by atoms with E-state index < -0.39 is 0 Å². The van der Waals surface area contributed by atoms with E-state index in [1.165, 1.54) is 11.3 Å². The van der Waals surface area contributed by atoms with Gasteiger partial charge in [0.2, 0.25) is 0 Å². The smallest absolute Gasteiger partial charge is 0.311 e. The molecular weight excluding hydrogens is 300 g/mol. The van der Waals surface area contributed by atoms with Crippen molar-refractivity contribution in [1.29, 1.82) is 0 Å². The summed E-state index contributed by atoms with van der Waals surface area (Å²) in [6.45, 7) is 13.5. The minimum atomic E-state index is -0.294. The molecule has 0 aliphatic carbocycles. The van der Waals surface area contributed by atoms with Gasteiger partial charge in [-0.25, -0.2) is 0 Å². The Morgan fingerprint density at radius 3 is 2.32 bits per heavy atom. The zero-order valence-corrected chi connectivity index (χ0v) is 15.1. The fourth-order valence-electron chi connectivity index (χ4n) is 2.46. The van der Waals surface area contributed by atoms with Gasteiger partial charge in [-0.2, -0.15) is 0 Å². The van der Waals surface area contributed by atoms with Crippen LogP contribution in [0.4, 0.5) is 0 Å². The average Bonchev–Trinajstić information content (AvgIpc) is 2.67. The molecule has 1 N–H and O–H groups in total. The zero-order valence-electron chi connectivity index (χ0n) is 14.3. The molecular formula is C16H28N2O3S. The number of nitrogens with one attached hydrogen (secondary N) is 1. The number of nitrogens with zero attached hydrogens (tertiary/aromatic N) is 1. The van der Waals surface area contributed by atoms with Gasteiger partial charge >= 0.3 is 10.8 Å². The van der Waals surface area contributed by atoms with Crippen LogP contribution in [0.5, 0.6) is 0 Å². The van der Waals surface area contributed by atoms with Gasteiger partial charge in [0.15, 0.2) is 0 Å². The van der Waals surface area contributed by atoms with E-state index >= 15 is 0 Å². The highest BCUT2D eigenvalue weighted by Gasteiger charge is 2.17. The quantitative estimate of drug-likeness (QED) is 0.708. The molecule has 0 unspecified atom stereocenters. The summed E-state index contributed by atoms with van der Waals surface area (Å²) in [5, 5.41) is 0. The van der Waals surface area contributed by atoms with Crippen LogP contribution in [0.25, 0.3) is 0 Å². The average molecular weight is 328 g/mol. The monoisotopic (exact) mass is 328 g/mol. The molecule has 1 rings (SSSR count). The molecule has 0 atom stereocenters. The summed E-state index contributed by atoms with van der Waals surface area (Å²) in [6, 6.07) is 0. The lowest BCUT2D eigenvalue weighted by atomic mass is 10.1. The molecule has 6 heteroatoms. The van der Waals surface area contributed by atoms with Gasteiger partial charge in [-0.3, -0.25) is 14.5 Å². The first-order valence-corrected chi connectivity index (χ1v) is 8.72. The molecule has 1 aromatic rings. The van der Waals surface area contributed by atoms with Crippen molar-refractivity contribution in [3.05, 3.63) is 20.2 Å². The number of hydrogen-bond acceptors (Lipinski definition) is 5. The number of thiazole rings is 1. The summed E-state index contributed by atoms with van der Waals surface area (Å²) < 4.78 is 4.97. The maximum Gasteiger partial charge on any atom is 0.311 e. The lowest BCUT2D eigenvalue weighted by Crippen LogP contribution is -2.31. The SMILES string of the molecule is CCOC(=O)Cc1[nH]c(=O)sc1CN(CC(C)C)CC(C)C.